The lowest BCUT2D eigenvalue weighted by Gasteiger charge is -2.11. The van der Waals surface area contributed by atoms with Crippen LogP contribution in [0.1, 0.15) is 76.3 Å². The summed E-state index contributed by atoms with van der Waals surface area (Å²) in [7, 11) is 0. The fourth-order valence-corrected chi connectivity index (χ4v) is 5.01. The first-order valence-electron chi connectivity index (χ1n) is 10.5. The number of nitrogens with zero attached hydrogens (tertiary/aromatic N) is 3. The summed E-state index contributed by atoms with van der Waals surface area (Å²) in [4.78, 5) is 29.0. The zero-order chi connectivity index (χ0) is 24.4. The maximum Gasteiger partial charge on any atom is 0.435 e. The molecule has 180 valence electrons. The highest BCUT2D eigenvalue weighted by Crippen LogP contribution is 2.48. The number of aromatic nitrogens is 3. The summed E-state index contributed by atoms with van der Waals surface area (Å²) in [5.41, 5.74) is 4.85. The minimum atomic E-state index is -4.65. The summed E-state index contributed by atoms with van der Waals surface area (Å²) < 4.78 is 67.2. The van der Waals surface area contributed by atoms with Crippen molar-refractivity contribution < 1.29 is 31.5 Å². The Morgan fingerprint density at radius 1 is 1.18 bits per heavy atom. The van der Waals surface area contributed by atoms with E-state index in [-0.39, 0.29) is 27.2 Å². The molecule has 3 aromatic heterocycles. The van der Waals surface area contributed by atoms with E-state index in [1.165, 1.54) is 6.07 Å². The number of nitrogens with one attached hydrogen (secondary N) is 1. The molecule has 3 aromatic rings. The smallest absolute Gasteiger partial charge is 0.365 e. The molecule has 0 atom stereocenters. The van der Waals surface area contributed by atoms with E-state index in [2.05, 4.69) is 15.4 Å². The third-order valence-electron chi connectivity index (χ3n) is 5.83. The number of hydrogen-bond acceptors (Lipinski definition) is 5. The third kappa shape index (κ3) is 4.24. The Bertz CT molecular complexity index is 1310. The first-order chi connectivity index (χ1) is 16.0. The molecule has 3 N–H and O–H groups in total. The molecule has 0 radical (unpaired) electrons. The quantitative estimate of drug-likeness (QED) is 0.450. The fourth-order valence-electron chi connectivity index (χ4n) is 3.99. The van der Waals surface area contributed by atoms with Crippen molar-refractivity contribution in [2.75, 3.05) is 5.32 Å². The number of carbonyl (C=O) groups excluding carboxylic acids is 2. The van der Waals surface area contributed by atoms with Gasteiger partial charge in [-0.1, -0.05) is 0 Å². The van der Waals surface area contributed by atoms with Gasteiger partial charge in [0.05, 0.1) is 5.69 Å². The van der Waals surface area contributed by atoms with Gasteiger partial charge in [0.25, 0.3) is 12.3 Å². The number of fused-ring (bicyclic) bond motifs is 1. The van der Waals surface area contributed by atoms with E-state index >= 15 is 0 Å². The van der Waals surface area contributed by atoms with E-state index in [1.807, 2.05) is 0 Å². The van der Waals surface area contributed by atoms with Gasteiger partial charge in [-0.25, -0.2) is 13.8 Å². The molecule has 0 unspecified atom stereocenters. The van der Waals surface area contributed by atoms with E-state index in [4.69, 9.17) is 5.73 Å². The lowest BCUT2D eigenvalue weighted by molar-refractivity contribution is -0.141. The van der Waals surface area contributed by atoms with E-state index in [0.29, 0.717) is 29.5 Å². The van der Waals surface area contributed by atoms with Crippen molar-refractivity contribution in [1.29, 1.82) is 0 Å². The van der Waals surface area contributed by atoms with Crippen LogP contribution < -0.4 is 11.1 Å². The maximum atomic E-state index is 13.4. The summed E-state index contributed by atoms with van der Waals surface area (Å²) >= 11 is 0.792. The van der Waals surface area contributed by atoms with Crippen molar-refractivity contribution in [3.63, 3.8) is 0 Å². The molecule has 0 bridgehead atoms. The van der Waals surface area contributed by atoms with Crippen LogP contribution in [0.3, 0.4) is 0 Å². The Balaban J connectivity index is 1.51. The van der Waals surface area contributed by atoms with Crippen molar-refractivity contribution in [3.05, 3.63) is 39.7 Å². The highest BCUT2D eigenvalue weighted by molar-refractivity contribution is 7.21. The van der Waals surface area contributed by atoms with Gasteiger partial charge in [0.2, 0.25) is 5.91 Å². The summed E-state index contributed by atoms with van der Waals surface area (Å²) in [6, 6.07) is 2.22. The number of amides is 2. The van der Waals surface area contributed by atoms with Crippen molar-refractivity contribution in [3.8, 4) is 0 Å². The third-order valence-corrected chi connectivity index (χ3v) is 6.93. The molecule has 5 rings (SSSR count). The second-order valence-corrected chi connectivity index (χ2v) is 9.49. The monoisotopic (exact) mass is 499 g/mol. The van der Waals surface area contributed by atoms with Crippen molar-refractivity contribution >= 4 is 39.1 Å². The Morgan fingerprint density at radius 2 is 1.85 bits per heavy atom. The number of halogens is 5. The number of alkyl halides is 5. The van der Waals surface area contributed by atoms with Gasteiger partial charge in [-0.15, -0.1) is 11.3 Å². The number of pyridine rings is 1. The summed E-state index contributed by atoms with van der Waals surface area (Å²) in [5.74, 6) is -1.72. The molecule has 34 heavy (non-hydrogen) atoms. The molecule has 2 aliphatic carbocycles. The average molecular weight is 499 g/mol. The SMILES string of the molecule is NC(=O)c1sc2nc(C(F)F)cc(C3CC3)c2c1NC(=O)Cn1nc(C(F)(F)F)cc1C1CC1. The van der Waals surface area contributed by atoms with Crippen LogP contribution in [0.15, 0.2) is 12.1 Å². The van der Waals surface area contributed by atoms with Gasteiger partial charge < -0.3 is 11.1 Å². The molecule has 2 saturated carbocycles. The first kappa shape index (κ1) is 22.7. The Hall–Kier alpha value is -3.09. The van der Waals surface area contributed by atoms with Crippen LogP contribution in [-0.2, 0) is 17.5 Å². The van der Waals surface area contributed by atoms with Crippen LogP contribution in [-0.4, -0.2) is 26.6 Å². The number of hydrogen-bond donors (Lipinski definition) is 2. The number of carbonyl (C=O) groups is 2. The number of anilines is 1. The van der Waals surface area contributed by atoms with Gasteiger partial charge in [0.1, 0.15) is 21.9 Å². The molecule has 3 heterocycles. The van der Waals surface area contributed by atoms with Crippen molar-refractivity contribution in [1.82, 2.24) is 14.8 Å². The van der Waals surface area contributed by atoms with E-state index in [1.54, 1.807) is 0 Å². The summed E-state index contributed by atoms with van der Waals surface area (Å²) in [6.45, 7) is -0.515. The molecule has 2 aliphatic rings. The largest absolute Gasteiger partial charge is 0.435 e. The van der Waals surface area contributed by atoms with Gasteiger partial charge >= 0.3 is 6.18 Å². The van der Waals surface area contributed by atoms with Crippen LogP contribution in [0.5, 0.6) is 0 Å². The molecule has 2 fully saturated rings. The summed E-state index contributed by atoms with van der Waals surface area (Å²) in [5, 5.41) is 6.49. The second kappa shape index (κ2) is 8.00. The number of rotatable bonds is 7. The minimum Gasteiger partial charge on any atom is -0.365 e. The van der Waals surface area contributed by atoms with Crippen molar-refractivity contribution in [2.24, 2.45) is 5.73 Å². The first-order valence-corrected chi connectivity index (χ1v) is 11.3. The Kier molecular flexibility index (Phi) is 5.34. The maximum absolute atomic E-state index is 13.4. The molecule has 0 aliphatic heterocycles. The lowest BCUT2D eigenvalue weighted by atomic mass is 10.0. The molecule has 7 nitrogen and oxygen atoms in total. The van der Waals surface area contributed by atoms with Gasteiger partial charge in [0.15, 0.2) is 5.69 Å². The van der Waals surface area contributed by atoms with Crippen LogP contribution >= 0.6 is 11.3 Å². The normalized spacial score (nSPS) is 16.4. The van der Waals surface area contributed by atoms with Crippen molar-refractivity contribution in [2.45, 2.75) is 56.7 Å². The molecule has 13 heteroatoms. The standard InChI is InChI=1S/C21H18F5N5O2S/c22-18(23)11-5-10(8-1-2-8)15-16(17(19(27)33)34-20(15)28-11)29-14(32)7-31-12(9-3-4-9)6-13(30-31)21(24,25)26/h5-6,8-9,18H,1-4,7H2,(H2,27,33)(H,29,32). The number of nitrogens with two attached hydrogens (primary N) is 1. The van der Waals surface area contributed by atoms with Crippen LogP contribution in [0.2, 0.25) is 0 Å². The average Bonchev–Trinajstić information content (AvgIpc) is 3.67. The highest BCUT2D eigenvalue weighted by atomic mass is 32.1. The second-order valence-electron chi connectivity index (χ2n) is 8.49. The lowest BCUT2D eigenvalue weighted by Crippen LogP contribution is -2.23. The topological polar surface area (TPSA) is 103 Å². The highest BCUT2D eigenvalue weighted by Gasteiger charge is 2.38. The Morgan fingerprint density at radius 3 is 2.41 bits per heavy atom. The predicted octanol–water partition coefficient (Wildman–Crippen LogP) is 4.94. The van der Waals surface area contributed by atoms with Crippen LogP contribution in [0, 0.1) is 0 Å². The predicted molar refractivity (Wildman–Crippen MR) is 113 cm³/mol. The van der Waals surface area contributed by atoms with E-state index in [0.717, 1.165) is 34.9 Å². The van der Waals surface area contributed by atoms with Gasteiger partial charge in [-0.3, -0.25) is 14.3 Å². The summed E-state index contributed by atoms with van der Waals surface area (Å²) in [6.07, 6.45) is -4.54. The van der Waals surface area contributed by atoms with Gasteiger partial charge in [0, 0.05) is 17.0 Å². The number of primary amides is 1. The minimum absolute atomic E-state index is 0.0177. The van der Waals surface area contributed by atoms with Crippen LogP contribution in [0.4, 0.5) is 27.6 Å². The van der Waals surface area contributed by atoms with Gasteiger partial charge in [-0.05, 0) is 49.3 Å². The molecular formula is C21H18F5N5O2S. The molecule has 0 aromatic carbocycles. The Labute approximate surface area is 193 Å². The van der Waals surface area contributed by atoms with Crippen LogP contribution in [0.25, 0.3) is 10.2 Å². The molecule has 0 spiro atoms. The zero-order valence-electron chi connectivity index (χ0n) is 17.5. The molecular weight excluding hydrogens is 481 g/mol. The molecule has 0 saturated heterocycles. The molecule has 2 amide bonds. The van der Waals surface area contributed by atoms with E-state index < -0.39 is 42.3 Å². The zero-order valence-corrected chi connectivity index (χ0v) is 18.3. The number of thiophene rings is 1. The fraction of sp³-hybridized carbons (Fsp3) is 0.429. The van der Waals surface area contributed by atoms with Gasteiger partial charge in [-0.2, -0.15) is 18.3 Å². The van der Waals surface area contributed by atoms with E-state index in [9.17, 15) is 31.5 Å².